The first-order chi connectivity index (χ1) is 11.4. The van der Waals surface area contributed by atoms with Gasteiger partial charge in [0.2, 0.25) is 0 Å². The van der Waals surface area contributed by atoms with Crippen LogP contribution in [0.2, 0.25) is 0 Å². The van der Waals surface area contributed by atoms with Gasteiger partial charge in [-0.15, -0.1) is 0 Å². The summed E-state index contributed by atoms with van der Waals surface area (Å²) in [5.41, 5.74) is 3.81. The van der Waals surface area contributed by atoms with Gasteiger partial charge >= 0.3 is 0 Å². The van der Waals surface area contributed by atoms with Crippen LogP contribution in [0.15, 0.2) is 46.5 Å². The Labute approximate surface area is 147 Å². The van der Waals surface area contributed by atoms with E-state index in [2.05, 4.69) is 39.8 Å². The Morgan fingerprint density at radius 3 is 2.79 bits per heavy atom. The van der Waals surface area contributed by atoms with Crippen LogP contribution in [0.4, 0.5) is 0 Å². The first-order valence-corrected chi connectivity index (χ1v) is 9.60. The van der Waals surface area contributed by atoms with Crippen LogP contribution in [-0.2, 0) is 4.74 Å². The van der Waals surface area contributed by atoms with Crippen LogP contribution >= 0.6 is 0 Å². The van der Waals surface area contributed by atoms with Crippen LogP contribution in [0.25, 0.3) is 0 Å². The van der Waals surface area contributed by atoms with E-state index in [1.165, 1.54) is 42.4 Å². The van der Waals surface area contributed by atoms with Gasteiger partial charge in [0.25, 0.3) is 0 Å². The fourth-order valence-corrected chi connectivity index (χ4v) is 4.50. The van der Waals surface area contributed by atoms with Crippen molar-refractivity contribution < 1.29 is 9.84 Å². The molecule has 132 valence electrons. The second-order valence-corrected chi connectivity index (χ2v) is 8.27. The molecule has 0 aromatic carbocycles. The molecule has 0 aromatic heterocycles. The third-order valence-electron chi connectivity index (χ3n) is 5.84. The van der Waals surface area contributed by atoms with Crippen molar-refractivity contribution in [3.8, 4) is 0 Å². The lowest BCUT2D eigenvalue weighted by Crippen LogP contribution is -2.44. The summed E-state index contributed by atoms with van der Waals surface area (Å²) in [4.78, 5) is 0. The second-order valence-electron chi connectivity index (χ2n) is 8.27. The van der Waals surface area contributed by atoms with Gasteiger partial charge in [0.15, 0.2) is 0 Å². The number of allylic oxidation sites excluding steroid dienone is 6. The maximum atomic E-state index is 10.5. The molecule has 0 spiro atoms. The molecule has 0 aromatic rings. The third-order valence-corrected chi connectivity index (χ3v) is 5.84. The van der Waals surface area contributed by atoms with Crippen molar-refractivity contribution in [2.24, 2.45) is 11.8 Å². The van der Waals surface area contributed by atoms with Gasteiger partial charge in [-0.1, -0.05) is 31.4 Å². The van der Waals surface area contributed by atoms with E-state index in [1.807, 2.05) is 6.08 Å². The lowest BCUT2D eigenvalue weighted by Gasteiger charge is -2.47. The van der Waals surface area contributed by atoms with Gasteiger partial charge in [0, 0.05) is 18.3 Å². The summed E-state index contributed by atoms with van der Waals surface area (Å²) < 4.78 is 6.48. The van der Waals surface area contributed by atoms with E-state index in [-0.39, 0.29) is 5.60 Å². The van der Waals surface area contributed by atoms with Crippen molar-refractivity contribution in [2.45, 2.75) is 78.2 Å². The highest BCUT2D eigenvalue weighted by Crippen LogP contribution is 2.49. The molecule has 2 atom stereocenters. The van der Waals surface area contributed by atoms with Gasteiger partial charge in [-0.25, -0.2) is 0 Å². The molecule has 0 bridgehead atoms. The molecule has 0 saturated carbocycles. The van der Waals surface area contributed by atoms with Gasteiger partial charge in [0.1, 0.15) is 11.4 Å². The maximum absolute atomic E-state index is 10.5. The quantitative estimate of drug-likeness (QED) is 0.479. The summed E-state index contributed by atoms with van der Waals surface area (Å²) in [5, 5.41) is 10.5. The second kappa shape index (κ2) is 6.82. The SMILES string of the molecule is CCCCCC1=CC2=C(CC(O)=C1)C1C=C(C)CCC1C(C)(C)O2. The minimum Gasteiger partial charge on any atom is -0.512 e. The van der Waals surface area contributed by atoms with Crippen molar-refractivity contribution in [3.63, 3.8) is 0 Å². The normalized spacial score (nSPS) is 28.8. The number of ether oxygens (including phenoxy) is 1. The molecule has 0 amide bonds. The molecule has 0 fully saturated rings. The number of hydrogen-bond acceptors (Lipinski definition) is 2. The molecule has 0 radical (unpaired) electrons. The van der Waals surface area contributed by atoms with Crippen molar-refractivity contribution >= 4 is 0 Å². The van der Waals surface area contributed by atoms with Crippen LogP contribution in [-0.4, -0.2) is 10.7 Å². The summed E-state index contributed by atoms with van der Waals surface area (Å²) in [6.45, 7) is 8.91. The molecule has 2 aliphatic carbocycles. The monoisotopic (exact) mass is 328 g/mol. The Morgan fingerprint density at radius 1 is 1.25 bits per heavy atom. The summed E-state index contributed by atoms with van der Waals surface area (Å²) in [6, 6.07) is 0. The van der Waals surface area contributed by atoms with Crippen molar-refractivity contribution in [2.75, 3.05) is 0 Å². The minimum atomic E-state index is -0.147. The van der Waals surface area contributed by atoms with Crippen LogP contribution in [0, 0.1) is 11.8 Å². The highest BCUT2D eigenvalue weighted by molar-refractivity contribution is 5.41. The lowest BCUT2D eigenvalue weighted by atomic mass is 9.67. The van der Waals surface area contributed by atoms with E-state index in [0.717, 1.165) is 18.6 Å². The maximum Gasteiger partial charge on any atom is 0.120 e. The van der Waals surface area contributed by atoms with Crippen LogP contribution < -0.4 is 0 Å². The van der Waals surface area contributed by atoms with Gasteiger partial charge in [0.05, 0.1) is 5.76 Å². The van der Waals surface area contributed by atoms with E-state index in [0.29, 0.717) is 24.0 Å². The predicted octanol–water partition coefficient (Wildman–Crippen LogP) is 6.37. The van der Waals surface area contributed by atoms with E-state index in [1.54, 1.807) is 0 Å². The Bertz CT molecular complexity index is 616. The topological polar surface area (TPSA) is 29.5 Å². The Morgan fingerprint density at radius 2 is 2.04 bits per heavy atom. The van der Waals surface area contributed by atoms with Crippen LogP contribution in [0.1, 0.15) is 72.6 Å². The highest BCUT2D eigenvalue weighted by atomic mass is 16.5. The van der Waals surface area contributed by atoms with E-state index >= 15 is 0 Å². The standard InChI is InChI=1S/C22H32O2/c1-5-6-7-8-16-12-17(23)14-19-18-11-15(2)9-10-20(18)22(3,4)24-21(19)13-16/h11-13,18,20,23H,5-10,14H2,1-4H3. The largest absolute Gasteiger partial charge is 0.512 e. The number of hydrogen-bond donors (Lipinski definition) is 1. The third kappa shape index (κ3) is 3.48. The fourth-order valence-electron chi connectivity index (χ4n) is 4.50. The molecule has 1 N–H and O–H groups in total. The molecule has 2 nitrogen and oxygen atoms in total. The van der Waals surface area contributed by atoms with E-state index in [9.17, 15) is 5.11 Å². The molecule has 1 heterocycles. The molecule has 3 aliphatic rings. The van der Waals surface area contributed by atoms with Crippen LogP contribution in [0.5, 0.6) is 0 Å². The molecule has 3 rings (SSSR count). The van der Waals surface area contributed by atoms with Crippen molar-refractivity contribution in [1.29, 1.82) is 0 Å². The summed E-state index contributed by atoms with van der Waals surface area (Å²) >= 11 is 0. The smallest absolute Gasteiger partial charge is 0.120 e. The van der Waals surface area contributed by atoms with Gasteiger partial charge in [-0.05, 0) is 69.8 Å². The zero-order chi connectivity index (χ0) is 17.3. The summed E-state index contributed by atoms with van der Waals surface area (Å²) in [5.74, 6) is 2.41. The molecule has 0 saturated heterocycles. The number of unbranched alkanes of at least 4 members (excludes halogenated alkanes) is 2. The zero-order valence-corrected chi connectivity index (χ0v) is 15.7. The Balaban J connectivity index is 1.97. The van der Waals surface area contributed by atoms with Gasteiger partial charge in [-0.3, -0.25) is 0 Å². The average molecular weight is 328 g/mol. The number of fused-ring (bicyclic) bond motifs is 2. The molecular formula is C22H32O2. The van der Waals surface area contributed by atoms with Gasteiger partial charge in [-0.2, -0.15) is 0 Å². The minimum absolute atomic E-state index is 0.147. The zero-order valence-electron chi connectivity index (χ0n) is 15.7. The number of aliphatic hydroxyl groups excluding tert-OH is 1. The summed E-state index contributed by atoms with van der Waals surface area (Å²) in [7, 11) is 0. The summed E-state index contributed by atoms with van der Waals surface area (Å²) in [6.07, 6.45) is 14.2. The molecule has 2 heteroatoms. The average Bonchev–Trinajstić information content (AvgIpc) is 2.65. The van der Waals surface area contributed by atoms with Crippen molar-refractivity contribution in [3.05, 3.63) is 46.5 Å². The van der Waals surface area contributed by atoms with E-state index < -0.39 is 0 Å². The molecular weight excluding hydrogens is 296 g/mol. The van der Waals surface area contributed by atoms with Crippen molar-refractivity contribution in [1.82, 2.24) is 0 Å². The van der Waals surface area contributed by atoms with Crippen LogP contribution in [0.3, 0.4) is 0 Å². The Hall–Kier alpha value is -1.44. The molecule has 2 unspecified atom stereocenters. The number of rotatable bonds is 4. The lowest BCUT2D eigenvalue weighted by molar-refractivity contribution is -0.0479. The molecule has 24 heavy (non-hydrogen) atoms. The predicted molar refractivity (Wildman–Crippen MR) is 99.7 cm³/mol. The number of aliphatic hydroxyl groups is 1. The van der Waals surface area contributed by atoms with Gasteiger partial charge < -0.3 is 9.84 Å². The fraction of sp³-hybridized carbons (Fsp3) is 0.636. The first-order valence-electron chi connectivity index (χ1n) is 9.60. The first kappa shape index (κ1) is 17.4. The molecule has 1 aliphatic heterocycles. The van der Waals surface area contributed by atoms with E-state index in [4.69, 9.17) is 4.74 Å². The Kier molecular flexibility index (Phi) is 4.94. The highest BCUT2D eigenvalue weighted by Gasteiger charge is 2.45.